The van der Waals surface area contributed by atoms with Gasteiger partial charge in [-0.15, -0.1) is 5.10 Å². The molecule has 0 aliphatic heterocycles. The fourth-order valence-corrected chi connectivity index (χ4v) is 3.79. The van der Waals surface area contributed by atoms with Crippen LogP contribution in [0.5, 0.6) is 0 Å². The second-order valence-electron chi connectivity index (χ2n) is 7.37. The van der Waals surface area contributed by atoms with E-state index in [0.717, 1.165) is 19.3 Å². The lowest BCUT2D eigenvalue weighted by Gasteiger charge is -2.12. The smallest absolute Gasteiger partial charge is 0.308 e. The van der Waals surface area contributed by atoms with Gasteiger partial charge in [-0.3, -0.25) is 4.79 Å². The van der Waals surface area contributed by atoms with Crippen molar-refractivity contribution in [3.63, 3.8) is 0 Å². The van der Waals surface area contributed by atoms with Crippen molar-refractivity contribution in [2.24, 2.45) is 23.7 Å². The predicted octanol–water partition coefficient (Wildman–Crippen LogP) is 2.80. The van der Waals surface area contributed by atoms with E-state index in [-0.39, 0.29) is 11.9 Å². The molecular weight excluding hydrogens is 278 g/mol. The minimum atomic E-state index is -0.0697. The van der Waals surface area contributed by atoms with Crippen LogP contribution >= 0.6 is 0 Å². The van der Waals surface area contributed by atoms with Crippen LogP contribution in [0, 0.1) is 23.7 Å². The van der Waals surface area contributed by atoms with Crippen molar-refractivity contribution >= 4 is 5.97 Å². The molecule has 0 spiro atoms. The van der Waals surface area contributed by atoms with Gasteiger partial charge >= 0.3 is 5.97 Å². The van der Waals surface area contributed by atoms with Gasteiger partial charge in [-0.2, -0.15) is 0 Å². The van der Waals surface area contributed by atoms with Crippen LogP contribution in [0.2, 0.25) is 0 Å². The van der Waals surface area contributed by atoms with Crippen molar-refractivity contribution in [2.75, 3.05) is 6.61 Å². The fraction of sp³-hybridized carbons (Fsp3) is 0.824. The first-order valence-corrected chi connectivity index (χ1v) is 8.58. The van der Waals surface area contributed by atoms with Crippen LogP contribution in [0.25, 0.3) is 0 Å². The molecule has 5 heteroatoms. The number of esters is 1. The summed E-state index contributed by atoms with van der Waals surface area (Å²) in [6.07, 6.45) is 4.38. The quantitative estimate of drug-likeness (QED) is 0.803. The number of aryl methyl sites for hydroxylation is 1. The molecule has 1 aromatic rings. The molecule has 0 N–H and O–H groups in total. The first kappa shape index (κ1) is 15.5. The molecule has 2 aliphatic rings. The van der Waals surface area contributed by atoms with Gasteiger partial charge in [0.15, 0.2) is 0 Å². The number of carbonyl (C=O) groups is 1. The number of fused-ring (bicyclic) bond motifs is 2. The summed E-state index contributed by atoms with van der Waals surface area (Å²) < 4.78 is 7.52. The van der Waals surface area contributed by atoms with Crippen molar-refractivity contribution in [1.82, 2.24) is 15.0 Å². The van der Waals surface area contributed by atoms with Crippen LogP contribution in [-0.4, -0.2) is 27.6 Å². The number of rotatable bonds is 4. The van der Waals surface area contributed by atoms with Crippen LogP contribution in [0.3, 0.4) is 0 Å². The highest BCUT2D eigenvalue weighted by Gasteiger charge is 2.50. The summed E-state index contributed by atoms with van der Waals surface area (Å²) in [5.41, 5.74) is 2.50. The highest BCUT2D eigenvalue weighted by molar-refractivity contribution is 5.71. The molecule has 1 fully saturated rings. The van der Waals surface area contributed by atoms with E-state index in [9.17, 15) is 4.79 Å². The first-order chi connectivity index (χ1) is 10.5. The van der Waals surface area contributed by atoms with Gasteiger partial charge in [-0.25, -0.2) is 4.68 Å². The third-order valence-corrected chi connectivity index (χ3v) is 5.19. The minimum Gasteiger partial charge on any atom is -0.465 e. The highest BCUT2D eigenvalue weighted by atomic mass is 16.5. The SMILES string of the molecule is CC(C)C(=O)OC[C@H]1C2CCc3nnn(C(C)C)c3CCC21. The predicted molar refractivity (Wildman–Crippen MR) is 83.3 cm³/mol. The highest BCUT2D eigenvalue weighted by Crippen LogP contribution is 2.53. The summed E-state index contributed by atoms with van der Waals surface area (Å²) in [5.74, 6) is 1.88. The molecule has 3 rings (SSSR count). The van der Waals surface area contributed by atoms with Gasteiger partial charge in [-0.05, 0) is 57.3 Å². The zero-order chi connectivity index (χ0) is 15.9. The molecule has 5 nitrogen and oxygen atoms in total. The summed E-state index contributed by atoms with van der Waals surface area (Å²) in [6.45, 7) is 8.69. The molecule has 2 unspecified atom stereocenters. The summed E-state index contributed by atoms with van der Waals surface area (Å²) in [5, 5.41) is 8.70. The molecule has 0 saturated heterocycles. The Kier molecular flexibility index (Phi) is 4.24. The van der Waals surface area contributed by atoms with Crippen molar-refractivity contribution in [2.45, 2.75) is 59.4 Å². The lowest BCUT2D eigenvalue weighted by Crippen LogP contribution is -2.14. The normalized spacial score (nSPS) is 27.1. The molecule has 22 heavy (non-hydrogen) atoms. The summed E-state index contributed by atoms with van der Waals surface area (Å²) in [7, 11) is 0. The summed E-state index contributed by atoms with van der Waals surface area (Å²) in [6, 6.07) is 0.369. The third-order valence-electron chi connectivity index (χ3n) is 5.19. The van der Waals surface area contributed by atoms with E-state index < -0.39 is 0 Å². The van der Waals surface area contributed by atoms with Gasteiger partial charge in [0, 0.05) is 6.04 Å². The largest absolute Gasteiger partial charge is 0.465 e. The molecule has 0 amide bonds. The van der Waals surface area contributed by atoms with Crippen LogP contribution < -0.4 is 0 Å². The number of aromatic nitrogens is 3. The van der Waals surface area contributed by atoms with Gasteiger partial charge in [0.05, 0.1) is 23.9 Å². The van der Waals surface area contributed by atoms with E-state index in [1.54, 1.807) is 0 Å². The zero-order valence-corrected chi connectivity index (χ0v) is 14.1. The van der Waals surface area contributed by atoms with E-state index in [2.05, 4.69) is 28.8 Å². The Morgan fingerprint density at radius 3 is 2.55 bits per heavy atom. The van der Waals surface area contributed by atoms with Crippen molar-refractivity contribution in [1.29, 1.82) is 0 Å². The van der Waals surface area contributed by atoms with E-state index in [0.29, 0.717) is 30.4 Å². The van der Waals surface area contributed by atoms with Crippen molar-refractivity contribution in [3.05, 3.63) is 11.4 Å². The molecule has 2 aliphatic carbocycles. The second-order valence-corrected chi connectivity index (χ2v) is 7.37. The Morgan fingerprint density at radius 1 is 1.23 bits per heavy atom. The lowest BCUT2D eigenvalue weighted by atomic mass is 10.0. The Labute approximate surface area is 132 Å². The number of ether oxygens (including phenoxy) is 1. The minimum absolute atomic E-state index is 0.0307. The third kappa shape index (κ3) is 2.90. The Bertz CT molecular complexity index is 550. The molecule has 122 valence electrons. The molecule has 0 radical (unpaired) electrons. The molecule has 1 saturated carbocycles. The van der Waals surface area contributed by atoms with E-state index in [1.807, 2.05) is 13.8 Å². The van der Waals surface area contributed by atoms with Gasteiger partial charge < -0.3 is 4.74 Å². The standard InChI is InChI=1S/C17H27N3O2/c1-10(2)17(21)22-9-14-12-5-7-15-16(8-6-13(12)14)20(11(3)4)19-18-15/h10-14H,5-9H2,1-4H3/t12?,13?,14-/m0/s1. The summed E-state index contributed by atoms with van der Waals surface area (Å²) in [4.78, 5) is 11.6. The number of nitrogens with zero attached hydrogens (tertiary/aromatic N) is 3. The number of hydrogen-bond donors (Lipinski definition) is 0. The van der Waals surface area contributed by atoms with Crippen molar-refractivity contribution < 1.29 is 9.53 Å². The Balaban J connectivity index is 1.60. The Morgan fingerprint density at radius 2 is 1.91 bits per heavy atom. The fourth-order valence-electron chi connectivity index (χ4n) is 3.79. The van der Waals surface area contributed by atoms with Gasteiger partial charge in [0.2, 0.25) is 0 Å². The molecule has 1 heterocycles. The average molecular weight is 305 g/mol. The lowest BCUT2D eigenvalue weighted by molar-refractivity contribution is -0.148. The van der Waals surface area contributed by atoms with Gasteiger partial charge in [0.25, 0.3) is 0 Å². The molecule has 1 aromatic heterocycles. The van der Waals surface area contributed by atoms with Crippen LogP contribution in [0.15, 0.2) is 0 Å². The second kappa shape index (κ2) is 6.01. The van der Waals surface area contributed by atoms with Crippen LogP contribution in [-0.2, 0) is 22.4 Å². The van der Waals surface area contributed by atoms with E-state index in [4.69, 9.17) is 4.74 Å². The first-order valence-electron chi connectivity index (χ1n) is 8.58. The van der Waals surface area contributed by atoms with Crippen molar-refractivity contribution in [3.8, 4) is 0 Å². The molecular formula is C17H27N3O2. The van der Waals surface area contributed by atoms with E-state index >= 15 is 0 Å². The maximum absolute atomic E-state index is 11.6. The van der Waals surface area contributed by atoms with Crippen LogP contribution in [0.1, 0.15) is 58.0 Å². The van der Waals surface area contributed by atoms with Gasteiger partial charge in [-0.1, -0.05) is 19.1 Å². The topological polar surface area (TPSA) is 57.0 Å². The maximum atomic E-state index is 11.6. The average Bonchev–Trinajstić information content (AvgIpc) is 2.93. The van der Waals surface area contributed by atoms with Crippen LogP contribution in [0.4, 0.5) is 0 Å². The maximum Gasteiger partial charge on any atom is 0.308 e. The Hall–Kier alpha value is -1.39. The summed E-state index contributed by atoms with van der Waals surface area (Å²) >= 11 is 0. The molecule has 0 bridgehead atoms. The van der Waals surface area contributed by atoms with E-state index in [1.165, 1.54) is 17.8 Å². The molecule has 0 aromatic carbocycles. The zero-order valence-electron chi connectivity index (χ0n) is 14.1. The monoisotopic (exact) mass is 305 g/mol. The van der Waals surface area contributed by atoms with Gasteiger partial charge in [0.1, 0.15) is 0 Å². The number of carbonyl (C=O) groups excluding carboxylic acids is 1. The number of hydrogen-bond acceptors (Lipinski definition) is 4. The molecule has 3 atom stereocenters.